The number of hydrogen-bond acceptors (Lipinski definition) is 6. The standard InChI is InChI=1S/C18H20ClN3O3S/c1-21-7-9-22(10-8-21)14-4-3-12(19)11-13(14)20-17(23)15-5-6-16(26-15)18(24)25-2/h3-6,11H,7-10H2,1-2H3,(H,20,23). The predicted octanol–water partition coefficient (Wildman–Crippen LogP) is 3.19. The highest BCUT2D eigenvalue weighted by Crippen LogP contribution is 2.31. The minimum atomic E-state index is -0.449. The largest absolute Gasteiger partial charge is 0.465 e. The van der Waals surface area contributed by atoms with Gasteiger partial charge in [-0.3, -0.25) is 4.79 Å². The number of nitrogens with zero attached hydrogens (tertiary/aromatic N) is 2. The van der Waals surface area contributed by atoms with E-state index in [1.54, 1.807) is 18.2 Å². The number of amides is 1. The van der Waals surface area contributed by atoms with Gasteiger partial charge in [0.25, 0.3) is 5.91 Å². The number of nitrogens with one attached hydrogen (secondary N) is 1. The second kappa shape index (κ2) is 8.07. The molecule has 1 fully saturated rings. The van der Waals surface area contributed by atoms with Crippen LogP contribution in [0.5, 0.6) is 0 Å². The molecule has 1 aromatic carbocycles. The minimum Gasteiger partial charge on any atom is -0.465 e. The van der Waals surface area contributed by atoms with Gasteiger partial charge in [-0.2, -0.15) is 0 Å². The van der Waals surface area contributed by atoms with Gasteiger partial charge in [0.15, 0.2) is 0 Å². The van der Waals surface area contributed by atoms with Gasteiger partial charge < -0.3 is 19.9 Å². The summed E-state index contributed by atoms with van der Waals surface area (Å²) in [5.74, 6) is -0.724. The van der Waals surface area contributed by atoms with Crippen molar-refractivity contribution in [3.63, 3.8) is 0 Å². The lowest BCUT2D eigenvalue weighted by Crippen LogP contribution is -2.44. The lowest BCUT2D eigenvalue weighted by Gasteiger charge is -2.35. The van der Waals surface area contributed by atoms with Crippen molar-refractivity contribution in [3.05, 3.63) is 45.1 Å². The second-order valence-corrected chi connectivity index (χ2v) is 7.58. The fourth-order valence-corrected chi connectivity index (χ4v) is 3.78. The van der Waals surface area contributed by atoms with E-state index in [9.17, 15) is 9.59 Å². The van der Waals surface area contributed by atoms with Gasteiger partial charge in [-0.25, -0.2) is 4.79 Å². The lowest BCUT2D eigenvalue weighted by molar-refractivity contribution is 0.0606. The third kappa shape index (κ3) is 4.17. The number of ether oxygens (including phenoxy) is 1. The van der Waals surface area contributed by atoms with Gasteiger partial charge >= 0.3 is 5.97 Å². The highest BCUT2D eigenvalue weighted by Gasteiger charge is 2.20. The van der Waals surface area contributed by atoms with Crippen molar-refractivity contribution < 1.29 is 14.3 Å². The first-order chi connectivity index (χ1) is 12.5. The number of likely N-dealkylation sites (N-methyl/N-ethyl adjacent to an activating group) is 1. The second-order valence-electron chi connectivity index (χ2n) is 6.06. The van der Waals surface area contributed by atoms with Crippen LogP contribution in [0.25, 0.3) is 0 Å². The van der Waals surface area contributed by atoms with Crippen molar-refractivity contribution in [1.82, 2.24) is 4.90 Å². The Labute approximate surface area is 161 Å². The van der Waals surface area contributed by atoms with Crippen molar-refractivity contribution in [1.29, 1.82) is 0 Å². The van der Waals surface area contributed by atoms with E-state index < -0.39 is 5.97 Å². The number of esters is 1. The topological polar surface area (TPSA) is 61.9 Å². The van der Waals surface area contributed by atoms with Gasteiger partial charge in [0.05, 0.1) is 23.4 Å². The molecule has 6 nitrogen and oxygen atoms in total. The average molecular weight is 394 g/mol. The molecule has 1 aliphatic rings. The molecule has 2 heterocycles. The first-order valence-electron chi connectivity index (χ1n) is 8.20. The van der Waals surface area contributed by atoms with Crippen LogP contribution in [0.4, 0.5) is 11.4 Å². The number of methoxy groups -OCH3 is 1. The molecule has 26 heavy (non-hydrogen) atoms. The molecule has 1 saturated heterocycles. The summed E-state index contributed by atoms with van der Waals surface area (Å²) in [6.07, 6.45) is 0. The van der Waals surface area contributed by atoms with Crippen LogP contribution in [0.2, 0.25) is 5.02 Å². The van der Waals surface area contributed by atoms with E-state index in [-0.39, 0.29) is 5.91 Å². The van der Waals surface area contributed by atoms with Crippen LogP contribution in [-0.2, 0) is 4.74 Å². The molecular formula is C18H20ClN3O3S. The average Bonchev–Trinajstić information content (AvgIpc) is 3.12. The van der Waals surface area contributed by atoms with Crippen LogP contribution >= 0.6 is 22.9 Å². The molecule has 0 bridgehead atoms. The number of anilines is 2. The lowest BCUT2D eigenvalue weighted by atomic mass is 10.2. The number of rotatable bonds is 4. The molecule has 0 saturated carbocycles. The summed E-state index contributed by atoms with van der Waals surface area (Å²) < 4.78 is 4.68. The highest BCUT2D eigenvalue weighted by atomic mass is 35.5. The molecule has 1 aliphatic heterocycles. The zero-order valence-electron chi connectivity index (χ0n) is 14.6. The maximum atomic E-state index is 12.6. The number of benzene rings is 1. The van der Waals surface area contributed by atoms with Crippen molar-refractivity contribution in [2.75, 3.05) is 50.6 Å². The predicted molar refractivity (Wildman–Crippen MR) is 105 cm³/mol. The zero-order valence-corrected chi connectivity index (χ0v) is 16.2. The fourth-order valence-electron chi connectivity index (χ4n) is 2.79. The highest BCUT2D eigenvalue weighted by molar-refractivity contribution is 7.16. The third-order valence-corrected chi connectivity index (χ3v) is 5.57. The summed E-state index contributed by atoms with van der Waals surface area (Å²) in [7, 11) is 3.41. The molecule has 0 unspecified atom stereocenters. The molecule has 1 amide bonds. The first kappa shape index (κ1) is 18.7. The van der Waals surface area contributed by atoms with E-state index in [1.807, 2.05) is 12.1 Å². The Morgan fingerprint density at radius 3 is 2.50 bits per heavy atom. The van der Waals surface area contributed by atoms with Crippen LogP contribution < -0.4 is 10.2 Å². The maximum absolute atomic E-state index is 12.6. The van der Waals surface area contributed by atoms with Gasteiger partial charge in [0.2, 0.25) is 0 Å². The number of carbonyl (C=O) groups is 2. The molecule has 1 N–H and O–H groups in total. The van der Waals surface area contributed by atoms with Crippen LogP contribution in [0.3, 0.4) is 0 Å². The van der Waals surface area contributed by atoms with Crippen molar-refractivity contribution >= 4 is 46.2 Å². The minimum absolute atomic E-state index is 0.275. The molecule has 138 valence electrons. The van der Waals surface area contributed by atoms with Crippen molar-refractivity contribution in [2.24, 2.45) is 0 Å². The Balaban J connectivity index is 1.80. The zero-order chi connectivity index (χ0) is 18.7. The number of halogens is 1. The molecule has 2 aromatic rings. The summed E-state index contributed by atoms with van der Waals surface area (Å²) in [4.78, 5) is 29.5. The SMILES string of the molecule is COC(=O)c1ccc(C(=O)Nc2cc(Cl)ccc2N2CCN(C)CC2)s1. The molecular weight excluding hydrogens is 374 g/mol. The molecule has 3 rings (SSSR count). The van der Waals surface area contributed by atoms with E-state index in [4.69, 9.17) is 11.6 Å². The summed E-state index contributed by atoms with van der Waals surface area (Å²) in [5.41, 5.74) is 1.61. The number of carbonyl (C=O) groups excluding carboxylic acids is 2. The van der Waals surface area contributed by atoms with E-state index in [1.165, 1.54) is 7.11 Å². The molecule has 0 atom stereocenters. The number of piperazine rings is 1. The molecule has 0 spiro atoms. The smallest absolute Gasteiger partial charge is 0.348 e. The molecule has 0 radical (unpaired) electrons. The van der Waals surface area contributed by atoms with Crippen LogP contribution in [-0.4, -0.2) is 57.1 Å². The summed E-state index contributed by atoms with van der Waals surface area (Å²) in [6, 6.07) is 8.71. The van der Waals surface area contributed by atoms with E-state index in [0.29, 0.717) is 20.5 Å². The third-order valence-electron chi connectivity index (χ3n) is 4.27. The molecule has 0 aliphatic carbocycles. The molecule has 8 heteroatoms. The summed E-state index contributed by atoms with van der Waals surface area (Å²) >= 11 is 7.24. The quantitative estimate of drug-likeness (QED) is 0.808. The van der Waals surface area contributed by atoms with Gasteiger partial charge in [-0.1, -0.05) is 11.6 Å². The Hall–Kier alpha value is -2.09. The monoisotopic (exact) mass is 393 g/mol. The van der Waals surface area contributed by atoms with Crippen molar-refractivity contribution in [3.8, 4) is 0 Å². The van der Waals surface area contributed by atoms with Crippen LogP contribution in [0, 0.1) is 0 Å². The maximum Gasteiger partial charge on any atom is 0.348 e. The van der Waals surface area contributed by atoms with Crippen LogP contribution in [0.15, 0.2) is 30.3 Å². The van der Waals surface area contributed by atoms with E-state index in [0.717, 1.165) is 43.2 Å². The Bertz CT molecular complexity index is 816. The van der Waals surface area contributed by atoms with Gasteiger partial charge in [0.1, 0.15) is 4.88 Å². The Kier molecular flexibility index (Phi) is 5.80. The van der Waals surface area contributed by atoms with Gasteiger partial charge in [0, 0.05) is 31.2 Å². The van der Waals surface area contributed by atoms with Gasteiger partial charge in [-0.05, 0) is 37.4 Å². The van der Waals surface area contributed by atoms with Crippen LogP contribution in [0.1, 0.15) is 19.3 Å². The number of thiophene rings is 1. The Morgan fingerprint density at radius 1 is 1.12 bits per heavy atom. The van der Waals surface area contributed by atoms with Gasteiger partial charge in [-0.15, -0.1) is 11.3 Å². The first-order valence-corrected chi connectivity index (χ1v) is 9.40. The molecule has 1 aromatic heterocycles. The summed E-state index contributed by atoms with van der Waals surface area (Å²) in [5, 5.41) is 3.48. The van der Waals surface area contributed by atoms with E-state index >= 15 is 0 Å². The number of hydrogen-bond donors (Lipinski definition) is 1. The summed E-state index contributed by atoms with van der Waals surface area (Å²) in [6.45, 7) is 3.69. The van der Waals surface area contributed by atoms with Crippen molar-refractivity contribution in [2.45, 2.75) is 0 Å². The normalized spacial score (nSPS) is 15.0. The van der Waals surface area contributed by atoms with E-state index in [2.05, 4.69) is 26.9 Å². The Morgan fingerprint density at radius 2 is 1.81 bits per heavy atom. The fraction of sp³-hybridized carbons (Fsp3) is 0.333.